The lowest BCUT2D eigenvalue weighted by Crippen LogP contribution is -2.14. The van der Waals surface area contributed by atoms with E-state index in [9.17, 15) is 4.39 Å². The van der Waals surface area contributed by atoms with Crippen LogP contribution in [0, 0.1) is 0 Å². The molecule has 2 saturated heterocycles. The number of nitrogens with one attached hydrogen (secondary N) is 4. The van der Waals surface area contributed by atoms with Crippen LogP contribution in [-0.2, 0) is 0 Å². The van der Waals surface area contributed by atoms with Gasteiger partial charge in [-0.3, -0.25) is 0 Å². The first-order valence-electron chi connectivity index (χ1n) is 11.6. The summed E-state index contributed by atoms with van der Waals surface area (Å²) in [5, 5.41) is 6.66. The fourth-order valence-corrected chi connectivity index (χ4v) is 4.82. The van der Waals surface area contributed by atoms with E-state index in [1.807, 2.05) is 12.4 Å². The minimum Gasteiger partial charge on any atom is -0.341 e. The largest absolute Gasteiger partial charge is 0.341 e. The van der Waals surface area contributed by atoms with Gasteiger partial charge in [-0.15, -0.1) is 0 Å². The Bertz CT molecular complexity index is 1220. The molecule has 0 spiro atoms. The van der Waals surface area contributed by atoms with E-state index >= 15 is 0 Å². The van der Waals surface area contributed by atoms with Crippen LogP contribution in [0.5, 0.6) is 0 Å². The Labute approximate surface area is 192 Å². The van der Waals surface area contributed by atoms with E-state index in [1.54, 1.807) is 0 Å². The number of nitrogens with zero attached hydrogens (tertiary/aromatic N) is 2. The normalized spacial score (nSPS) is 22.8. The number of aromatic amines is 2. The van der Waals surface area contributed by atoms with E-state index in [2.05, 4.69) is 79.1 Å². The Morgan fingerprint density at radius 1 is 0.697 bits per heavy atom. The molecule has 4 aromatic rings. The van der Waals surface area contributed by atoms with E-state index in [4.69, 9.17) is 0 Å². The zero-order valence-electron chi connectivity index (χ0n) is 18.3. The second-order valence-corrected chi connectivity index (χ2v) is 8.96. The molecule has 0 bridgehead atoms. The van der Waals surface area contributed by atoms with Crippen molar-refractivity contribution in [3.63, 3.8) is 0 Å². The fourth-order valence-electron chi connectivity index (χ4n) is 4.82. The monoisotopic (exact) mass is 442 g/mol. The summed E-state index contributed by atoms with van der Waals surface area (Å²) in [5.41, 5.74) is 6.51. The molecular weight excluding hydrogens is 415 g/mol. The topological polar surface area (TPSA) is 81.4 Å². The summed E-state index contributed by atoms with van der Waals surface area (Å²) in [6.07, 6.45) is 5.76. The van der Waals surface area contributed by atoms with Gasteiger partial charge in [0.1, 0.15) is 17.8 Å². The van der Waals surface area contributed by atoms with Crippen LogP contribution in [0.25, 0.3) is 33.6 Å². The van der Waals surface area contributed by atoms with Crippen LogP contribution in [0.4, 0.5) is 4.39 Å². The van der Waals surface area contributed by atoms with Crippen LogP contribution < -0.4 is 10.6 Å². The summed E-state index contributed by atoms with van der Waals surface area (Å²) >= 11 is 0. The Kier molecular flexibility index (Phi) is 5.28. The second kappa shape index (κ2) is 8.57. The van der Waals surface area contributed by atoms with Crippen molar-refractivity contribution in [3.05, 3.63) is 72.6 Å². The number of halogens is 1. The summed E-state index contributed by atoms with van der Waals surface area (Å²) in [7, 11) is 0. The molecule has 6 nitrogen and oxygen atoms in total. The molecule has 7 heteroatoms. The van der Waals surface area contributed by atoms with Crippen LogP contribution in [-0.4, -0.2) is 39.2 Å². The third kappa shape index (κ3) is 4.10. The van der Waals surface area contributed by atoms with Crippen molar-refractivity contribution >= 4 is 0 Å². The van der Waals surface area contributed by atoms with E-state index in [1.165, 1.54) is 6.42 Å². The highest BCUT2D eigenvalue weighted by atomic mass is 19.1. The Hall–Kier alpha value is -3.29. The Morgan fingerprint density at radius 2 is 1.24 bits per heavy atom. The first-order chi connectivity index (χ1) is 16.2. The number of hydrogen-bond acceptors (Lipinski definition) is 4. The van der Waals surface area contributed by atoms with Crippen LogP contribution in [0.3, 0.4) is 0 Å². The van der Waals surface area contributed by atoms with Gasteiger partial charge in [0, 0.05) is 13.0 Å². The third-order valence-electron chi connectivity index (χ3n) is 6.71. The molecule has 6 rings (SSSR count). The van der Waals surface area contributed by atoms with Crippen molar-refractivity contribution in [2.75, 3.05) is 13.1 Å². The molecule has 168 valence electrons. The predicted octanol–water partition coefficient (Wildman–Crippen LogP) is 4.93. The van der Waals surface area contributed by atoms with Crippen molar-refractivity contribution in [2.24, 2.45) is 0 Å². The van der Waals surface area contributed by atoms with Crippen LogP contribution >= 0.6 is 0 Å². The molecule has 3 atom stereocenters. The van der Waals surface area contributed by atoms with Gasteiger partial charge in [-0.2, -0.15) is 0 Å². The molecule has 2 aliphatic heterocycles. The van der Waals surface area contributed by atoms with E-state index in [-0.39, 0.29) is 6.04 Å². The number of hydrogen-bond donors (Lipinski definition) is 4. The van der Waals surface area contributed by atoms with Gasteiger partial charge in [-0.25, -0.2) is 14.4 Å². The van der Waals surface area contributed by atoms with E-state index in [0.29, 0.717) is 19.0 Å². The quantitative estimate of drug-likeness (QED) is 0.353. The number of aromatic nitrogens is 4. The zero-order valence-corrected chi connectivity index (χ0v) is 18.3. The molecule has 0 unspecified atom stereocenters. The third-order valence-corrected chi connectivity index (χ3v) is 6.71. The molecule has 4 heterocycles. The maximum absolute atomic E-state index is 13.5. The molecule has 2 aliphatic rings. The van der Waals surface area contributed by atoms with Crippen molar-refractivity contribution in [1.29, 1.82) is 0 Å². The molecule has 0 radical (unpaired) electrons. The average molecular weight is 443 g/mol. The van der Waals surface area contributed by atoms with Gasteiger partial charge >= 0.3 is 0 Å². The Balaban J connectivity index is 1.16. The van der Waals surface area contributed by atoms with Crippen molar-refractivity contribution in [1.82, 2.24) is 30.6 Å². The number of rotatable bonds is 5. The SMILES string of the molecule is F[C@@H]1CN[C@H](c2ncc(-c3ccc(-c4ccc(-c5cnc([C@@H]6CCCN6)[nH]5)cc4)cc3)[nH]2)C1. The number of imidazole rings is 2. The van der Waals surface area contributed by atoms with Crippen LogP contribution in [0.2, 0.25) is 0 Å². The maximum atomic E-state index is 13.5. The first kappa shape index (κ1) is 20.3. The lowest BCUT2D eigenvalue weighted by atomic mass is 10.0. The molecule has 0 aliphatic carbocycles. The highest BCUT2D eigenvalue weighted by Gasteiger charge is 2.27. The lowest BCUT2D eigenvalue weighted by Gasteiger charge is -2.07. The van der Waals surface area contributed by atoms with Gasteiger partial charge in [-0.1, -0.05) is 48.5 Å². The summed E-state index contributed by atoms with van der Waals surface area (Å²) in [6.45, 7) is 1.46. The fraction of sp³-hybridized carbons (Fsp3) is 0.308. The zero-order chi connectivity index (χ0) is 22.2. The molecule has 0 saturated carbocycles. The minimum atomic E-state index is -0.797. The molecule has 4 N–H and O–H groups in total. The van der Waals surface area contributed by atoms with Crippen LogP contribution in [0.15, 0.2) is 60.9 Å². The molecule has 0 amide bonds. The predicted molar refractivity (Wildman–Crippen MR) is 127 cm³/mol. The van der Waals surface area contributed by atoms with Crippen LogP contribution in [0.1, 0.15) is 43.0 Å². The molecule has 2 aromatic heterocycles. The van der Waals surface area contributed by atoms with Gasteiger partial charge in [0.15, 0.2) is 0 Å². The highest BCUT2D eigenvalue weighted by Crippen LogP contribution is 2.29. The maximum Gasteiger partial charge on any atom is 0.123 e. The summed E-state index contributed by atoms with van der Waals surface area (Å²) in [6, 6.07) is 17.3. The van der Waals surface area contributed by atoms with Crippen molar-refractivity contribution in [2.45, 2.75) is 37.5 Å². The average Bonchev–Trinajstić information content (AvgIpc) is 3.66. The minimum absolute atomic E-state index is 0.0353. The number of H-pyrrole nitrogens is 2. The van der Waals surface area contributed by atoms with Gasteiger partial charge in [0.05, 0.1) is 35.9 Å². The van der Waals surface area contributed by atoms with Crippen molar-refractivity contribution < 1.29 is 4.39 Å². The smallest absolute Gasteiger partial charge is 0.123 e. The lowest BCUT2D eigenvalue weighted by molar-refractivity contribution is 0.355. The Morgan fingerprint density at radius 3 is 1.73 bits per heavy atom. The second-order valence-electron chi connectivity index (χ2n) is 8.96. The van der Waals surface area contributed by atoms with Gasteiger partial charge in [0.2, 0.25) is 0 Å². The number of alkyl halides is 1. The number of benzene rings is 2. The molecular formula is C26H27FN6. The highest BCUT2D eigenvalue weighted by molar-refractivity contribution is 5.71. The molecule has 2 fully saturated rings. The van der Waals surface area contributed by atoms with Gasteiger partial charge < -0.3 is 20.6 Å². The van der Waals surface area contributed by atoms with Gasteiger partial charge in [0.25, 0.3) is 0 Å². The van der Waals surface area contributed by atoms with E-state index in [0.717, 1.165) is 58.3 Å². The summed E-state index contributed by atoms with van der Waals surface area (Å²) < 4.78 is 13.5. The standard InChI is InChI=1S/C26H27FN6/c27-20-12-22(29-13-20)26-31-15-24(33-26)19-9-5-17(6-10-19)16-3-7-18(8-4-16)23-14-30-25(32-23)21-2-1-11-28-21/h3-10,14-15,20-22,28-29H,1-2,11-13H2,(H,30,32)(H,31,33)/t20-,21-,22-/m0/s1. The summed E-state index contributed by atoms with van der Waals surface area (Å²) in [4.78, 5) is 15.9. The van der Waals surface area contributed by atoms with Crippen molar-refractivity contribution in [3.8, 4) is 33.6 Å². The molecule has 33 heavy (non-hydrogen) atoms. The summed E-state index contributed by atoms with van der Waals surface area (Å²) in [5.74, 6) is 1.83. The molecule has 2 aromatic carbocycles. The van der Waals surface area contributed by atoms with E-state index < -0.39 is 6.17 Å². The van der Waals surface area contributed by atoms with Gasteiger partial charge in [-0.05, 0) is 41.6 Å². The first-order valence-corrected chi connectivity index (χ1v) is 11.6.